The molecule has 176 valence electrons. The summed E-state index contributed by atoms with van der Waals surface area (Å²) in [7, 11) is 0. The second kappa shape index (κ2) is 8.49. The van der Waals surface area contributed by atoms with Gasteiger partial charge in [0.2, 0.25) is 0 Å². The molecule has 6 heteroatoms. The fourth-order valence-electron chi connectivity index (χ4n) is 5.20. The Bertz CT molecular complexity index is 1180. The van der Waals surface area contributed by atoms with E-state index in [1.165, 1.54) is 12.1 Å². The van der Waals surface area contributed by atoms with Gasteiger partial charge in [-0.15, -0.1) is 0 Å². The molecule has 0 fully saturated rings. The van der Waals surface area contributed by atoms with Gasteiger partial charge in [0.1, 0.15) is 11.6 Å². The Labute approximate surface area is 193 Å². The Hall–Kier alpha value is -2.86. The van der Waals surface area contributed by atoms with Crippen LogP contribution in [-0.4, -0.2) is 27.4 Å². The Balaban J connectivity index is 1.89. The molecule has 0 saturated carbocycles. The third kappa shape index (κ3) is 4.01. The smallest absolute Gasteiger partial charge is 0.306 e. The summed E-state index contributed by atoms with van der Waals surface area (Å²) in [5.74, 6) is -1.26. The number of halogens is 1. The number of phenols is 1. The van der Waals surface area contributed by atoms with Gasteiger partial charge in [0.15, 0.2) is 0 Å². The van der Waals surface area contributed by atoms with Crippen molar-refractivity contribution in [3.05, 3.63) is 59.5 Å². The van der Waals surface area contributed by atoms with Gasteiger partial charge in [-0.3, -0.25) is 4.79 Å². The van der Waals surface area contributed by atoms with Crippen molar-refractivity contribution in [2.24, 2.45) is 5.92 Å². The van der Waals surface area contributed by atoms with E-state index >= 15 is 0 Å². The maximum Gasteiger partial charge on any atom is 0.306 e. The summed E-state index contributed by atoms with van der Waals surface area (Å²) in [6.45, 7) is 8.62. The number of carboxylic acid groups (broad SMARTS) is 1. The molecule has 1 aliphatic rings. The van der Waals surface area contributed by atoms with Crippen molar-refractivity contribution in [1.29, 1.82) is 0 Å². The third-order valence-corrected chi connectivity index (χ3v) is 7.03. The van der Waals surface area contributed by atoms with E-state index in [1.54, 1.807) is 18.2 Å². The predicted octanol–water partition coefficient (Wildman–Crippen LogP) is 6.28. The van der Waals surface area contributed by atoms with Crippen LogP contribution >= 0.6 is 0 Å². The van der Waals surface area contributed by atoms with Crippen molar-refractivity contribution in [2.75, 3.05) is 6.61 Å². The Kier molecular flexibility index (Phi) is 5.99. The monoisotopic (exact) mass is 453 g/mol. The normalized spacial score (nSPS) is 20.5. The van der Waals surface area contributed by atoms with Gasteiger partial charge in [-0.1, -0.05) is 26.8 Å². The first-order chi connectivity index (χ1) is 15.6. The van der Waals surface area contributed by atoms with Crippen LogP contribution in [0.1, 0.15) is 64.6 Å². The van der Waals surface area contributed by atoms with Crippen molar-refractivity contribution in [3.63, 3.8) is 0 Å². The second-order valence-electron chi connectivity index (χ2n) is 9.95. The summed E-state index contributed by atoms with van der Waals surface area (Å²) in [6, 6.07) is 11.8. The number of aromatic hydroxyl groups is 1. The van der Waals surface area contributed by atoms with E-state index in [0.717, 1.165) is 27.8 Å². The maximum absolute atomic E-state index is 13.7. The number of phenolic OH excluding ortho intramolecular Hbond substituents is 1. The third-order valence-electron chi connectivity index (χ3n) is 7.03. The zero-order valence-corrected chi connectivity index (χ0v) is 19.7. The van der Waals surface area contributed by atoms with Gasteiger partial charge in [-0.2, -0.15) is 0 Å². The van der Waals surface area contributed by atoms with Gasteiger partial charge in [-0.05, 0) is 69.0 Å². The lowest BCUT2D eigenvalue weighted by atomic mass is 9.76. The Morgan fingerprint density at radius 1 is 1.18 bits per heavy atom. The zero-order valence-electron chi connectivity index (χ0n) is 19.7. The largest absolute Gasteiger partial charge is 0.507 e. The van der Waals surface area contributed by atoms with Crippen LogP contribution in [0.15, 0.2) is 42.5 Å². The number of hydrogen-bond acceptors (Lipinski definition) is 3. The van der Waals surface area contributed by atoms with E-state index in [0.29, 0.717) is 32.3 Å². The van der Waals surface area contributed by atoms with Crippen LogP contribution in [0, 0.1) is 11.7 Å². The first kappa shape index (κ1) is 23.3. The predicted molar refractivity (Wildman–Crippen MR) is 126 cm³/mol. The number of carboxylic acids is 1. The topological polar surface area (TPSA) is 71.7 Å². The highest BCUT2D eigenvalue weighted by Gasteiger charge is 2.46. The van der Waals surface area contributed by atoms with Crippen LogP contribution in [0.4, 0.5) is 4.39 Å². The number of hydrogen-bond donors (Lipinski definition) is 2. The molecule has 0 aliphatic carbocycles. The van der Waals surface area contributed by atoms with Crippen molar-refractivity contribution < 1.29 is 24.1 Å². The standard InChI is InChI=1S/C27H32FNO4/c1-5-17(25(31)32)8-7-15-27(4)23-22-20(9-6-10-21(22)30)29(19-13-11-18(28)12-14-19)24(23)26(2,3)16-33-27/h6,9-14,17,30H,5,7-8,15-16H2,1-4H3,(H,31,32). The number of carbonyl (C=O) groups is 1. The van der Waals surface area contributed by atoms with Crippen molar-refractivity contribution in [3.8, 4) is 11.4 Å². The summed E-state index contributed by atoms with van der Waals surface area (Å²) in [4.78, 5) is 11.5. The van der Waals surface area contributed by atoms with Gasteiger partial charge >= 0.3 is 5.97 Å². The van der Waals surface area contributed by atoms with Crippen molar-refractivity contribution >= 4 is 16.9 Å². The van der Waals surface area contributed by atoms with E-state index in [2.05, 4.69) is 18.4 Å². The number of aliphatic carboxylic acids is 1. The summed E-state index contributed by atoms with van der Waals surface area (Å²) in [5, 5.41) is 21.1. The fraction of sp³-hybridized carbons (Fsp3) is 0.444. The highest BCUT2D eigenvalue weighted by Crippen LogP contribution is 2.51. The number of benzene rings is 2. The van der Waals surface area contributed by atoms with E-state index in [1.807, 2.05) is 26.0 Å². The fourth-order valence-corrected chi connectivity index (χ4v) is 5.20. The zero-order chi connectivity index (χ0) is 24.0. The minimum Gasteiger partial charge on any atom is -0.507 e. The molecule has 0 radical (unpaired) electrons. The van der Waals surface area contributed by atoms with Crippen LogP contribution in [-0.2, 0) is 20.5 Å². The van der Waals surface area contributed by atoms with Crippen molar-refractivity contribution in [2.45, 2.75) is 64.4 Å². The van der Waals surface area contributed by atoms with Gasteiger partial charge < -0.3 is 19.5 Å². The molecule has 1 aromatic heterocycles. The number of ether oxygens (including phenoxy) is 1. The SMILES string of the molecule is CCC(CCCC1(C)OCC(C)(C)c2c1c1c(O)cccc1n2-c1ccc(F)cc1)C(=O)O. The molecule has 33 heavy (non-hydrogen) atoms. The van der Waals surface area contributed by atoms with Crippen molar-refractivity contribution in [1.82, 2.24) is 4.57 Å². The Morgan fingerprint density at radius 3 is 2.52 bits per heavy atom. The maximum atomic E-state index is 13.7. The number of nitrogens with zero attached hydrogens (tertiary/aromatic N) is 1. The molecule has 0 spiro atoms. The first-order valence-corrected chi connectivity index (χ1v) is 11.6. The first-order valence-electron chi connectivity index (χ1n) is 11.6. The molecule has 2 atom stereocenters. The van der Waals surface area contributed by atoms with Gasteiger partial charge in [0, 0.05) is 27.7 Å². The molecule has 2 N–H and O–H groups in total. The lowest BCUT2D eigenvalue weighted by Gasteiger charge is -2.43. The van der Waals surface area contributed by atoms with E-state index in [-0.39, 0.29) is 22.9 Å². The van der Waals surface area contributed by atoms with Crippen LogP contribution in [0.5, 0.6) is 5.75 Å². The lowest BCUT2D eigenvalue weighted by molar-refractivity contribution is -0.142. The van der Waals surface area contributed by atoms with Crippen LogP contribution < -0.4 is 0 Å². The summed E-state index contributed by atoms with van der Waals surface area (Å²) < 4.78 is 22.3. The average molecular weight is 454 g/mol. The van der Waals surface area contributed by atoms with E-state index in [9.17, 15) is 19.4 Å². The van der Waals surface area contributed by atoms with E-state index in [4.69, 9.17) is 4.74 Å². The molecular weight excluding hydrogens is 421 g/mol. The van der Waals surface area contributed by atoms with Gasteiger partial charge in [-0.25, -0.2) is 4.39 Å². The quantitative estimate of drug-likeness (QED) is 0.442. The minimum atomic E-state index is -0.764. The second-order valence-corrected chi connectivity index (χ2v) is 9.95. The Morgan fingerprint density at radius 2 is 1.88 bits per heavy atom. The molecular formula is C27H32FNO4. The van der Waals surface area contributed by atoms with Crippen LogP contribution in [0.3, 0.4) is 0 Å². The molecule has 2 aromatic carbocycles. The summed E-state index contributed by atoms with van der Waals surface area (Å²) in [6.07, 6.45) is 2.50. The molecule has 5 nitrogen and oxygen atoms in total. The molecule has 1 aliphatic heterocycles. The molecule has 2 heterocycles. The number of aromatic nitrogens is 1. The molecule has 2 unspecified atom stereocenters. The van der Waals surface area contributed by atoms with Crippen LogP contribution in [0.2, 0.25) is 0 Å². The van der Waals surface area contributed by atoms with E-state index < -0.39 is 11.6 Å². The molecule has 3 aromatic rings. The molecule has 0 saturated heterocycles. The lowest BCUT2D eigenvalue weighted by Crippen LogP contribution is -2.42. The highest BCUT2D eigenvalue weighted by atomic mass is 19.1. The summed E-state index contributed by atoms with van der Waals surface area (Å²) in [5.41, 5.74) is 2.58. The molecule has 0 bridgehead atoms. The molecule has 4 rings (SSSR count). The number of fused-ring (bicyclic) bond motifs is 3. The van der Waals surface area contributed by atoms with Gasteiger partial charge in [0.05, 0.1) is 23.6 Å². The number of rotatable bonds is 7. The highest BCUT2D eigenvalue weighted by molar-refractivity contribution is 5.94. The average Bonchev–Trinajstić information content (AvgIpc) is 3.14. The minimum absolute atomic E-state index is 0.175. The van der Waals surface area contributed by atoms with Crippen LogP contribution in [0.25, 0.3) is 16.6 Å². The van der Waals surface area contributed by atoms with Gasteiger partial charge in [0.25, 0.3) is 0 Å². The molecule has 0 amide bonds. The summed E-state index contributed by atoms with van der Waals surface area (Å²) >= 11 is 0.